The zero-order chi connectivity index (χ0) is 18.5. The number of hydrogen-bond donors (Lipinski definition) is 1. The van der Waals surface area contributed by atoms with Gasteiger partial charge in [-0.3, -0.25) is 14.7 Å². The Bertz CT molecular complexity index is 762. The van der Waals surface area contributed by atoms with Crippen LogP contribution in [0.5, 0.6) is 0 Å². The van der Waals surface area contributed by atoms with Crippen LogP contribution >= 0.6 is 0 Å². The van der Waals surface area contributed by atoms with Crippen molar-refractivity contribution in [2.24, 2.45) is 0 Å². The minimum Gasteiger partial charge on any atom is -0.379 e. The minimum absolute atomic E-state index is 0.0165. The molecule has 142 valence electrons. The Balaban J connectivity index is 1.51. The first-order chi connectivity index (χ1) is 13.3. The quantitative estimate of drug-likeness (QED) is 0.893. The van der Waals surface area contributed by atoms with Crippen LogP contribution in [0.25, 0.3) is 0 Å². The van der Waals surface area contributed by atoms with Crippen molar-refractivity contribution in [2.45, 2.75) is 12.6 Å². The Morgan fingerprint density at radius 3 is 2.89 bits per heavy atom. The molecule has 0 aliphatic carbocycles. The van der Waals surface area contributed by atoms with E-state index in [9.17, 15) is 4.79 Å². The fourth-order valence-electron chi connectivity index (χ4n) is 3.80. The minimum atomic E-state index is 0.0165. The molecule has 2 aliphatic heterocycles. The predicted octanol–water partition coefficient (Wildman–Crippen LogP) is 1.70. The summed E-state index contributed by atoms with van der Waals surface area (Å²) in [6.07, 6.45) is 3.62. The summed E-state index contributed by atoms with van der Waals surface area (Å²) >= 11 is 0. The Morgan fingerprint density at radius 1 is 1.19 bits per heavy atom. The summed E-state index contributed by atoms with van der Waals surface area (Å²) in [5, 5.41) is 3.40. The number of piperazine rings is 1. The molecular formula is C21H26N4O2. The van der Waals surface area contributed by atoms with Gasteiger partial charge in [0.05, 0.1) is 19.3 Å². The zero-order valence-electron chi connectivity index (χ0n) is 15.5. The second-order valence-electron chi connectivity index (χ2n) is 7.09. The Labute approximate surface area is 160 Å². The number of hydrogen-bond acceptors (Lipinski definition) is 5. The van der Waals surface area contributed by atoms with Crippen molar-refractivity contribution in [3.63, 3.8) is 0 Å². The van der Waals surface area contributed by atoms with Gasteiger partial charge in [0.25, 0.3) is 5.91 Å². The molecule has 0 bridgehead atoms. The van der Waals surface area contributed by atoms with Crippen molar-refractivity contribution in [1.29, 1.82) is 0 Å². The molecular weight excluding hydrogens is 340 g/mol. The topological polar surface area (TPSA) is 57.7 Å². The molecule has 1 amide bonds. The number of nitrogens with zero attached hydrogens (tertiary/aromatic N) is 3. The summed E-state index contributed by atoms with van der Waals surface area (Å²) in [6, 6.07) is 12.0. The van der Waals surface area contributed by atoms with Gasteiger partial charge in [-0.25, -0.2) is 0 Å². The number of carbonyl (C=O) groups excluding carboxylic acids is 1. The Hall–Kier alpha value is -2.28. The van der Waals surface area contributed by atoms with Gasteiger partial charge >= 0.3 is 0 Å². The maximum Gasteiger partial charge on any atom is 0.254 e. The van der Waals surface area contributed by atoms with Crippen molar-refractivity contribution < 1.29 is 9.53 Å². The number of nitrogens with one attached hydrogen (secondary N) is 1. The zero-order valence-corrected chi connectivity index (χ0v) is 15.5. The number of ether oxygens (including phenoxy) is 1. The number of amides is 1. The first-order valence-electron chi connectivity index (χ1n) is 9.62. The monoisotopic (exact) mass is 366 g/mol. The number of aromatic nitrogens is 1. The maximum absolute atomic E-state index is 13.3. The van der Waals surface area contributed by atoms with Crippen LogP contribution in [0, 0.1) is 0 Å². The molecule has 1 aromatic carbocycles. The fraction of sp³-hybridized carbons (Fsp3) is 0.429. The molecule has 6 heteroatoms. The average molecular weight is 366 g/mol. The Kier molecular flexibility index (Phi) is 5.77. The van der Waals surface area contributed by atoms with Gasteiger partial charge in [0.1, 0.15) is 0 Å². The van der Waals surface area contributed by atoms with Gasteiger partial charge in [0.2, 0.25) is 0 Å². The molecule has 0 spiro atoms. The highest BCUT2D eigenvalue weighted by atomic mass is 16.5. The van der Waals surface area contributed by atoms with Crippen LogP contribution in [0.15, 0.2) is 48.8 Å². The van der Waals surface area contributed by atoms with E-state index < -0.39 is 0 Å². The van der Waals surface area contributed by atoms with Gasteiger partial charge in [-0.15, -0.1) is 0 Å². The van der Waals surface area contributed by atoms with Gasteiger partial charge in [-0.2, -0.15) is 0 Å². The molecule has 1 atom stereocenters. The van der Waals surface area contributed by atoms with Gasteiger partial charge < -0.3 is 15.0 Å². The lowest BCUT2D eigenvalue weighted by Gasteiger charge is -2.36. The summed E-state index contributed by atoms with van der Waals surface area (Å²) in [7, 11) is 0. The number of rotatable bonds is 4. The largest absolute Gasteiger partial charge is 0.379 e. The summed E-state index contributed by atoms with van der Waals surface area (Å²) in [6.45, 7) is 6.58. The average Bonchev–Trinajstić information content (AvgIpc) is 2.75. The number of carbonyl (C=O) groups is 1. The molecule has 2 aliphatic rings. The highest BCUT2D eigenvalue weighted by Crippen LogP contribution is 2.24. The van der Waals surface area contributed by atoms with E-state index in [-0.39, 0.29) is 11.9 Å². The van der Waals surface area contributed by atoms with E-state index in [1.165, 1.54) is 5.56 Å². The van der Waals surface area contributed by atoms with E-state index in [0.29, 0.717) is 6.54 Å². The summed E-state index contributed by atoms with van der Waals surface area (Å²) in [4.78, 5) is 21.8. The number of pyridine rings is 1. The van der Waals surface area contributed by atoms with Crippen LogP contribution in [-0.4, -0.2) is 66.6 Å². The molecule has 3 heterocycles. The maximum atomic E-state index is 13.3. The van der Waals surface area contributed by atoms with Crippen molar-refractivity contribution in [1.82, 2.24) is 20.1 Å². The van der Waals surface area contributed by atoms with Crippen LogP contribution in [0.3, 0.4) is 0 Å². The number of morpholine rings is 1. The highest BCUT2D eigenvalue weighted by Gasteiger charge is 2.28. The lowest BCUT2D eigenvalue weighted by Crippen LogP contribution is -2.48. The van der Waals surface area contributed by atoms with Crippen LogP contribution in [0.4, 0.5) is 0 Å². The van der Waals surface area contributed by atoms with Crippen molar-refractivity contribution >= 4 is 5.91 Å². The Morgan fingerprint density at radius 2 is 2.07 bits per heavy atom. The van der Waals surface area contributed by atoms with Crippen molar-refractivity contribution in [2.75, 3.05) is 45.9 Å². The molecule has 1 N–H and O–H groups in total. The molecule has 1 unspecified atom stereocenters. The normalized spacial score (nSPS) is 21.2. The molecule has 27 heavy (non-hydrogen) atoms. The third-order valence-corrected chi connectivity index (χ3v) is 5.26. The van der Waals surface area contributed by atoms with E-state index in [2.05, 4.69) is 21.3 Å². The van der Waals surface area contributed by atoms with Crippen LogP contribution in [0.1, 0.15) is 27.5 Å². The van der Waals surface area contributed by atoms with E-state index in [0.717, 1.165) is 57.1 Å². The predicted molar refractivity (Wildman–Crippen MR) is 103 cm³/mol. The third-order valence-electron chi connectivity index (χ3n) is 5.26. The first kappa shape index (κ1) is 18.1. The van der Waals surface area contributed by atoms with E-state index >= 15 is 0 Å². The molecule has 6 nitrogen and oxygen atoms in total. The molecule has 0 radical (unpaired) electrons. The van der Waals surface area contributed by atoms with Gasteiger partial charge in [0, 0.05) is 57.2 Å². The van der Waals surface area contributed by atoms with E-state index in [1.807, 2.05) is 41.4 Å². The lowest BCUT2D eigenvalue weighted by molar-refractivity contribution is 0.0341. The molecule has 1 aromatic heterocycles. The summed E-state index contributed by atoms with van der Waals surface area (Å²) in [5.41, 5.74) is 3.01. The third kappa shape index (κ3) is 4.35. The molecule has 4 rings (SSSR count). The van der Waals surface area contributed by atoms with Crippen molar-refractivity contribution in [3.8, 4) is 0 Å². The van der Waals surface area contributed by atoms with Gasteiger partial charge in [0.15, 0.2) is 0 Å². The van der Waals surface area contributed by atoms with Crippen LogP contribution < -0.4 is 5.32 Å². The van der Waals surface area contributed by atoms with E-state index in [1.54, 1.807) is 6.20 Å². The smallest absolute Gasteiger partial charge is 0.254 e. The summed E-state index contributed by atoms with van der Waals surface area (Å²) < 4.78 is 5.42. The van der Waals surface area contributed by atoms with E-state index in [4.69, 9.17) is 4.74 Å². The second-order valence-corrected chi connectivity index (χ2v) is 7.09. The highest BCUT2D eigenvalue weighted by molar-refractivity contribution is 5.94. The van der Waals surface area contributed by atoms with Gasteiger partial charge in [-0.05, 0) is 29.3 Å². The lowest BCUT2D eigenvalue weighted by atomic mass is 10.0. The standard InChI is InChI=1S/C21H26N4O2/c26-21(25-8-7-23-15-20(25)19-5-2-6-22-14-19)18-4-1-3-17(13-18)16-24-9-11-27-12-10-24/h1-6,13-14,20,23H,7-12,15-16H2. The molecule has 2 aromatic rings. The van der Waals surface area contributed by atoms with Crippen LogP contribution in [-0.2, 0) is 11.3 Å². The molecule has 0 saturated carbocycles. The van der Waals surface area contributed by atoms with Gasteiger partial charge in [-0.1, -0.05) is 18.2 Å². The SMILES string of the molecule is O=C(c1cccc(CN2CCOCC2)c1)N1CCNCC1c1cccnc1. The first-order valence-corrected chi connectivity index (χ1v) is 9.62. The molecule has 2 saturated heterocycles. The van der Waals surface area contributed by atoms with Crippen molar-refractivity contribution in [3.05, 3.63) is 65.5 Å². The fourth-order valence-corrected chi connectivity index (χ4v) is 3.80. The summed E-state index contributed by atoms with van der Waals surface area (Å²) in [5.74, 6) is 0.0918. The second kappa shape index (κ2) is 8.61. The number of benzene rings is 1. The van der Waals surface area contributed by atoms with Crippen LogP contribution in [0.2, 0.25) is 0 Å². The molecule has 2 fully saturated rings.